The van der Waals surface area contributed by atoms with E-state index in [0.29, 0.717) is 31.0 Å². The Kier molecular flexibility index (Phi) is 6.31. The van der Waals surface area contributed by atoms with Crippen LogP contribution in [0, 0.1) is 17.2 Å². The molecule has 0 aliphatic rings. The Hall–Kier alpha value is -1.60. The minimum Gasteiger partial charge on any atom is -0.387 e. The highest BCUT2D eigenvalue weighted by Gasteiger charge is 2.11. The van der Waals surface area contributed by atoms with Crippen LogP contribution in [0.3, 0.4) is 0 Å². The van der Waals surface area contributed by atoms with Gasteiger partial charge in [0.05, 0.1) is 36.2 Å². The minimum atomic E-state index is -0.494. The van der Waals surface area contributed by atoms with E-state index in [4.69, 9.17) is 5.26 Å². The quantitative estimate of drug-likeness (QED) is 0.820. The van der Waals surface area contributed by atoms with Crippen molar-refractivity contribution in [1.29, 1.82) is 5.26 Å². The van der Waals surface area contributed by atoms with Gasteiger partial charge in [-0.1, -0.05) is 20.8 Å². The topological polar surface area (TPSA) is 60.1 Å². The number of aliphatic hydroxyl groups excluding tert-OH is 1. The zero-order valence-corrected chi connectivity index (χ0v) is 12.0. The van der Waals surface area contributed by atoms with E-state index in [2.05, 4.69) is 29.8 Å². The largest absolute Gasteiger partial charge is 0.387 e. The first-order valence-electron chi connectivity index (χ1n) is 6.84. The molecule has 0 unspecified atom stereocenters. The van der Waals surface area contributed by atoms with E-state index in [0.717, 1.165) is 12.2 Å². The molecule has 1 N–H and O–H groups in total. The highest BCUT2D eigenvalue weighted by Crippen LogP contribution is 2.19. The van der Waals surface area contributed by atoms with Crippen molar-refractivity contribution in [2.75, 3.05) is 18.0 Å². The van der Waals surface area contributed by atoms with Gasteiger partial charge in [0.25, 0.3) is 0 Å². The second kappa shape index (κ2) is 7.75. The summed E-state index contributed by atoms with van der Waals surface area (Å²) in [5, 5.41) is 18.4. The molecule has 1 rings (SSSR count). The smallest absolute Gasteiger partial charge is 0.0957 e. The summed E-state index contributed by atoms with van der Waals surface area (Å²) in [6, 6.07) is 6.02. The lowest BCUT2D eigenvalue weighted by atomic mass is 10.1. The Morgan fingerprint density at radius 3 is 2.63 bits per heavy atom. The van der Waals surface area contributed by atoms with E-state index in [1.54, 1.807) is 6.20 Å². The fourth-order valence-corrected chi connectivity index (χ4v) is 1.94. The molecule has 0 radical (unpaired) electrons. The highest BCUT2D eigenvalue weighted by atomic mass is 16.3. The number of pyridine rings is 1. The van der Waals surface area contributed by atoms with Crippen LogP contribution in [0.4, 0.5) is 5.69 Å². The first-order chi connectivity index (χ1) is 9.08. The average Bonchev–Trinajstić information content (AvgIpc) is 2.42. The molecule has 1 atom stereocenters. The summed E-state index contributed by atoms with van der Waals surface area (Å²) in [4.78, 5) is 6.48. The zero-order valence-electron chi connectivity index (χ0n) is 12.0. The lowest BCUT2D eigenvalue weighted by Crippen LogP contribution is -2.28. The molecule has 0 bridgehead atoms. The molecule has 1 aromatic rings. The molecule has 1 aromatic heterocycles. The molecule has 104 valence electrons. The first kappa shape index (κ1) is 15.5. The van der Waals surface area contributed by atoms with Gasteiger partial charge in [0, 0.05) is 13.1 Å². The van der Waals surface area contributed by atoms with Gasteiger partial charge >= 0.3 is 0 Å². The number of aliphatic hydroxyl groups is 1. The number of anilines is 1. The molecule has 19 heavy (non-hydrogen) atoms. The van der Waals surface area contributed by atoms with Crippen LogP contribution in [0.15, 0.2) is 18.3 Å². The average molecular weight is 261 g/mol. The normalized spacial score (nSPS) is 12.2. The SMILES string of the molecule is CC[C@@H](O)c1ccc(N(CCC#N)CC(C)C)cn1. The summed E-state index contributed by atoms with van der Waals surface area (Å²) in [6.07, 6.45) is 2.46. The van der Waals surface area contributed by atoms with Gasteiger partial charge in [-0.3, -0.25) is 4.98 Å². The first-order valence-corrected chi connectivity index (χ1v) is 6.84. The van der Waals surface area contributed by atoms with Crippen molar-refractivity contribution < 1.29 is 5.11 Å². The Labute approximate surface area is 115 Å². The van der Waals surface area contributed by atoms with Crippen LogP contribution in [-0.4, -0.2) is 23.2 Å². The zero-order chi connectivity index (χ0) is 14.3. The van der Waals surface area contributed by atoms with Crippen LogP contribution < -0.4 is 4.90 Å². The number of hydrogen-bond donors (Lipinski definition) is 1. The summed E-state index contributed by atoms with van der Waals surface area (Å²) in [5.74, 6) is 0.527. The monoisotopic (exact) mass is 261 g/mol. The minimum absolute atomic E-state index is 0.494. The molecule has 4 nitrogen and oxygen atoms in total. The Balaban J connectivity index is 2.81. The molecule has 0 aromatic carbocycles. The summed E-state index contributed by atoms with van der Waals surface area (Å²) < 4.78 is 0. The molecule has 1 heterocycles. The van der Waals surface area contributed by atoms with E-state index in [-0.39, 0.29) is 0 Å². The van der Waals surface area contributed by atoms with Crippen LogP contribution >= 0.6 is 0 Å². The summed E-state index contributed by atoms with van der Waals surface area (Å²) >= 11 is 0. The van der Waals surface area contributed by atoms with Crippen molar-refractivity contribution in [1.82, 2.24) is 4.98 Å². The standard InChI is InChI=1S/C15H23N3O/c1-4-15(19)14-7-6-13(10-17-14)18(9-5-8-16)11-12(2)3/h6-7,10,12,15,19H,4-5,9,11H2,1-3H3/t15-/m1/s1. The number of rotatable bonds is 7. The molecule has 0 saturated heterocycles. The summed E-state index contributed by atoms with van der Waals surface area (Å²) in [7, 11) is 0. The number of nitrogens with zero attached hydrogens (tertiary/aromatic N) is 3. The molecule has 4 heteroatoms. The molecule has 0 amide bonds. The van der Waals surface area contributed by atoms with Crippen molar-refractivity contribution in [2.24, 2.45) is 5.92 Å². The predicted molar refractivity (Wildman–Crippen MR) is 76.8 cm³/mol. The number of hydrogen-bond acceptors (Lipinski definition) is 4. The van der Waals surface area contributed by atoms with E-state index in [9.17, 15) is 5.11 Å². The van der Waals surface area contributed by atoms with Crippen molar-refractivity contribution in [3.05, 3.63) is 24.0 Å². The van der Waals surface area contributed by atoms with Crippen molar-refractivity contribution >= 4 is 5.69 Å². The Morgan fingerprint density at radius 1 is 1.42 bits per heavy atom. The summed E-state index contributed by atoms with van der Waals surface area (Å²) in [5.41, 5.74) is 1.71. The third-order valence-corrected chi connectivity index (χ3v) is 2.94. The maximum absolute atomic E-state index is 9.73. The lowest BCUT2D eigenvalue weighted by molar-refractivity contribution is 0.169. The van der Waals surface area contributed by atoms with Gasteiger partial charge in [0.2, 0.25) is 0 Å². The van der Waals surface area contributed by atoms with Crippen LogP contribution in [0.5, 0.6) is 0 Å². The maximum atomic E-state index is 9.73. The molecular weight excluding hydrogens is 238 g/mol. The lowest BCUT2D eigenvalue weighted by Gasteiger charge is -2.25. The molecular formula is C15H23N3O. The van der Waals surface area contributed by atoms with E-state index >= 15 is 0 Å². The van der Waals surface area contributed by atoms with Crippen molar-refractivity contribution in [2.45, 2.75) is 39.7 Å². The maximum Gasteiger partial charge on any atom is 0.0957 e. The third kappa shape index (κ3) is 4.88. The number of nitriles is 1. The van der Waals surface area contributed by atoms with Crippen LogP contribution in [0.2, 0.25) is 0 Å². The summed E-state index contributed by atoms with van der Waals surface area (Å²) in [6.45, 7) is 7.85. The second-order valence-electron chi connectivity index (χ2n) is 5.11. The van der Waals surface area contributed by atoms with Gasteiger partial charge in [-0.05, 0) is 24.5 Å². The van der Waals surface area contributed by atoms with Gasteiger partial charge in [0.15, 0.2) is 0 Å². The van der Waals surface area contributed by atoms with Crippen molar-refractivity contribution in [3.8, 4) is 6.07 Å². The highest BCUT2D eigenvalue weighted by molar-refractivity contribution is 5.44. The molecule has 0 aliphatic carbocycles. The fraction of sp³-hybridized carbons (Fsp3) is 0.600. The van der Waals surface area contributed by atoms with Crippen LogP contribution in [0.1, 0.15) is 45.4 Å². The Bertz CT molecular complexity index is 408. The molecule has 0 spiro atoms. The predicted octanol–water partition coefficient (Wildman–Crippen LogP) is 2.90. The van der Waals surface area contributed by atoms with Gasteiger partial charge in [-0.2, -0.15) is 5.26 Å². The van der Waals surface area contributed by atoms with Crippen LogP contribution in [-0.2, 0) is 0 Å². The van der Waals surface area contributed by atoms with Crippen molar-refractivity contribution in [3.63, 3.8) is 0 Å². The third-order valence-electron chi connectivity index (χ3n) is 2.94. The number of aromatic nitrogens is 1. The van der Waals surface area contributed by atoms with Gasteiger partial charge in [-0.25, -0.2) is 0 Å². The molecule has 0 saturated carbocycles. The van der Waals surface area contributed by atoms with Gasteiger partial charge < -0.3 is 10.0 Å². The van der Waals surface area contributed by atoms with Crippen LogP contribution in [0.25, 0.3) is 0 Å². The molecule has 0 fully saturated rings. The second-order valence-corrected chi connectivity index (χ2v) is 5.11. The fourth-order valence-electron chi connectivity index (χ4n) is 1.94. The Morgan fingerprint density at radius 2 is 2.16 bits per heavy atom. The van der Waals surface area contributed by atoms with E-state index in [1.165, 1.54) is 0 Å². The van der Waals surface area contributed by atoms with E-state index < -0.39 is 6.10 Å². The van der Waals surface area contributed by atoms with Gasteiger partial charge in [0.1, 0.15) is 0 Å². The molecule has 0 aliphatic heterocycles. The van der Waals surface area contributed by atoms with Gasteiger partial charge in [-0.15, -0.1) is 0 Å². The van der Waals surface area contributed by atoms with E-state index in [1.807, 2.05) is 19.1 Å².